The average Bonchev–Trinajstić information content (AvgIpc) is 3.25. The van der Waals surface area contributed by atoms with Crippen molar-refractivity contribution in [2.24, 2.45) is 7.05 Å². The van der Waals surface area contributed by atoms with Crippen molar-refractivity contribution in [2.45, 2.75) is 10.5 Å². The zero-order valence-corrected chi connectivity index (χ0v) is 13.0. The van der Waals surface area contributed by atoms with Crippen LogP contribution >= 0.6 is 0 Å². The molecule has 8 nitrogen and oxygen atoms in total. The highest BCUT2D eigenvalue weighted by atomic mass is 32.2. The second kappa shape index (κ2) is 5.69. The number of sulfonamides is 1. The van der Waals surface area contributed by atoms with Gasteiger partial charge in [0.25, 0.3) is 0 Å². The first-order valence-electron chi connectivity index (χ1n) is 6.69. The largest absolute Gasteiger partial charge is 0.472 e. The first-order chi connectivity index (χ1) is 10.9. The number of aryl methyl sites for hydroxylation is 1. The normalized spacial score (nSPS) is 14.7. The monoisotopic (exact) mass is 337 g/mol. The smallest absolute Gasteiger partial charge is 0.243 e. The molecule has 0 amide bonds. The molecule has 1 atom stereocenters. The third kappa shape index (κ3) is 2.93. The predicted octanol–water partition coefficient (Wildman–Crippen LogP) is 0.821. The van der Waals surface area contributed by atoms with E-state index in [1.807, 2.05) is 0 Å². The first-order valence-corrected chi connectivity index (χ1v) is 8.17. The summed E-state index contributed by atoms with van der Waals surface area (Å²) in [6.45, 7) is -0.322. The Kier molecular flexibility index (Phi) is 3.84. The van der Waals surface area contributed by atoms with Crippen LogP contribution < -0.4 is 4.72 Å². The molecule has 0 fully saturated rings. The summed E-state index contributed by atoms with van der Waals surface area (Å²) in [5.41, 5.74) is -1.31. The highest BCUT2D eigenvalue weighted by Crippen LogP contribution is 2.30. The van der Waals surface area contributed by atoms with E-state index >= 15 is 0 Å². The van der Waals surface area contributed by atoms with Gasteiger partial charge >= 0.3 is 0 Å². The molecule has 0 saturated heterocycles. The van der Waals surface area contributed by atoms with E-state index in [0.717, 1.165) is 0 Å². The third-order valence-electron chi connectivity index (χ3n) is 3.44. The SMILES string of the molecule is Cn1cc(S(=O)(=O)NC[C@@](O)(c2ccoc2)c2ccco2)cn1. The second-order valence-corrected chi connectivity index (χ2v) is 6.79. The van der Waals surface area contributed by atoms with Crippen molar-refractivity contribution in [1.29, 1.82) is 0 Å². The zero-order chi connectivity index (χ0) is 16.5. The lowest BCUT2D eigenvalue weighted by Gasteiger charge is -2.24. The van der Waals surface area contributed by atoms with Crippen molar-refractivity contribution >= 4 is 10.0 Å². The zero-order valence-electron chi connectivity index (χ0n) is 12.2. The van der Waals surface area contributed by atoms with E-state index in [1.54, 1.807) is 25.2 Å². The molecular weight excluding hydrogens is 322 g/mol. The van der Waals surface area contributed by atoms with Crippen molar-refractivity contribution < 1.29 is 22.4 Å². The van der Waals surface area contributed by atoms with E-state index in [1.165, 1.54) is 35.9 Å². The van der Waals surface area contributed by atoms with E-state index < -0.39 is 15.6 Å². The minimum atomic E-state index is -3.82. The van der Waals surface area contributed by atoms with Gasteiger partial charge in [0.1, 0.15) is 10.7 Å². The number of furan rings is 2. The Morgan fingerprint density at radius 2 is 2.22 bits per heavy atom. The molecule has 0 aliphatic carbocycles. The van der Waals surface area contributed by atoms with Gasteiger partial charge in [-0.25, -0.2) is 13.1 Å². The number of aromatic nitrogens is 2. The van der Waals surface area contributed by atoms with Crippen LogP contribution in [-0.2, 0) is 22.7 Å². The van der Waals surface area contributed by atoms with Gasteiger partial charge in [-0.15, -0.1) is 0 Å². The van der Waals surface area contributed by atoms with Crippen molar-refractivity contribution in [3.8, 4) is 0 Å². The summed E-state index contributed by atoms with van der Waals surface area (Å²) in [6.07, 6.45) is 6.72. The molecule has 0 aliphatic heterocycles. The third-order valence-corrected chi connectivity index (χ3v) is 4.79. The van der Waals surface area contributed by atoms with Gasteiger partial charge in [-0.2, -0.15) is 5.10 Å². The molecule has 0 spiro atoms. The van der Waals surface area contributed by atoms with Crippen molar-refractivity contribution in [3.63, 3.8) is 0 Å². The standard InChI is InChI=1S/C14H15N3O5S/c1-17-8-12(7-15-17)23(19,20)16-10-14(18,11-4-6-21-9-11)13-3-2-5-22-13/h2-9,16,18H,10H2,1H3/t14-/m1/s1. The Bertz CT molecular complexity index is 831. The molecule has 3 heterocycles. The fourth-order valence-corrected chi connectivity index (χ4v) is 3.21. The van der Waals surface area contributed by atoms with Crippen LogP contribution in [-0.4, -0.2) is 29.8 Å². The molecule has 0 radical (unpaired) electrons. The Balaban J connectivity index is 1.89. The minimum Gasteiger partial charge on any atom is -0.472 e. The molecule has 0 saturated carbocycles. The Morgan fingerprint density at radius 1 is 1.39 bits per heavy atom. The van der Waals surface area contributed by atoms with Gasteiger partial charge < -0.3 is 13.9 Å². The maximum absolute atomic E-state index is 12.3. The number of aliphatic hydroxyl groups is 1. The molecular formula is C14H15N3O5S. The maximum atomic E-state index is 12.3. The Labute approximate surface area is 132 Å². The quantitative estimate of drug-likeness (QED) is 0.689. The molecule has 0 bridgehead atoms. The summed E-state index contributed by atoms with van der Waals surface area (Å²) in [7, 11) is -2.21. The summed E-state index contributed by atoms with van der Waals surface area (Å²) < 4.78 is 38.6. The van der Waals surface area contributed by atoms with Gasteiger partial charge in [0.05, 0.1) is 31.5 Å². The fraction of sp³-hybridized carbons (Fsp3) is 0.214. The molecule has 3 rings (SSSR count). The number of nitrogens with zero attached hydrogens (tertiary/aromatic N) is 2. The van der Waals surface area contributed by atoms with Gasteiger partial charge in [0.15, 0.2) is 5.60 Å². The van der Waals surface area contributed by atoms with Crippen LogP contribution in [0.4, 0.5) is 0 Å². The van der Waals surface area contributed by atoms with Gasteiger partial charge in [0.2, 0.25) is 10.0 Å². The number of hydrogen-bond donors (Lipinski definition) is 2. The Morgan fingerprint density at radius 3 is 2.78 bits per heavy atom. The van der Waals surface area contributed by atoms with Gasteiger partial charge in [0, 0.05) is 18.8 Å². The molecule has 0 unspecified atom stereocenters. The lowest BCUT2D eigenvalue weighted by Crippen LogP contribution is -2.41. The van der Waals surface area contributed by atoms with Crippen molar-refractivity contribution in [1.82, 2.24) is 14.5 Å². The van der Waals surface area contributed by atoms with Crippen LogP contribution in [0.25, 0.3) is 0 Å². The predicted molar refractivity (Wildman–Crippen MR) is 78.8 cm³/mol. The number of hydrogen-bond acceptors (Lipinski definition) is 6. The van der Waals surface area contributed by atoms with Crippen LogP contribution in [0, 0.1) is 0 Å². The van der Waals surface area contributed by atoms with Crippen LogP contribution in [0.3, 0.4) is 0 Å². The molecule has 9 heteroatoms. The highest BCUT2D eigenvalue weighted by molar-refractivity contribution is 7.89. The molecule has 3 aromatic rings. The lowest BCUT2D eigenvalue weighted by atomic mass is 9.94. The highest BCUT2D eigenvalue weighted by Gasteiger charge is 2.37. The number of rotatable bonds is 6. The summed E-state index contributed by atoms with van der Waals surface area (Å²) in [4.78, 5) is 0.00832. The number of nitrogens with one attached hydrogen (secondary N) is 1. The average molecular weight is 337 g/mol. The summed E-state index contributed by atoms with van der Waals surface area (Å²) in [5, 5.41) is 14.8. The van der Waals surface area contributed by atoms with Crippen LogP contribution in [0.1, 0.15) is 11.3 Å². The molecule has 2 N–H and O–H groups in total. The molecule has 0 aromatic carbocycles. The van der Waals surface area contributed by atoms with E-state index in [9.17, 15) is 13.5 Å². The molecule has 3 aromatic heterocycles. The van der Waals surface area contributed by atoms with E-state index in [2.05, 4.69) is 9.82 Å². The lowest BCUT2D eigenvalue weighted by molar-refractivity contribution is 0.0613. The van der Waals surface area contributed by atoms with Crippen LogP contribution in [0.15, 0.2) is 63.1 Å². The Hall–Kier alpha value is -2.36. The molecule has 122 valence electrons. The van der Waals surface area contributed by atoms with Crippen molar-refractivity contribution in [2.75, 3.05) is 6.54 Å². The van der Waals surface area contributed by atoms with Crippen molar-refractivity contribution in [3.05, 3.63) is 60.7 Å². The summed E-state index contributed by atoms with van der Waals surface area (Å²) in [6, 6.07) is 4.71. The summed E-state index contributed by atoms with van der Waals surface area (Å²) in [5.74, 6) is 0.202. The van der Waals surface area contributed by atoms with E-state index in [0.29, 0.717) is 5.56 Å². The maximum Gasteiger partial charge on any atom is 0.243 e. The van der Waals surface area contributed by atoms with Gasteiger partial charge in [-0.05, 0) is 18.2 Å². The molecule has 0 aliphatic rings. The topological polar surface area (TPSA) is 110 Å². The van der Waals surface area contributed by atoms with Gasteiger partial charge in [-0.3, -0.25) is 4.68 Å². The second-order valence-electron chi connectivity index (χ2n) is 5.02. The summed E-state index contributed by atoms with van der Waals surface area (Å²) >= 11 is 0. The first kappa shape index (κ1) is 15.5. The van der Waals surface area contributed by atoms with Gasteiger partial charge in [-0.1, -0.05) is 0 Å². The van der Waals surface area contributed by atoms with E-state index in [-0.39, 0.29) is 17.2 Å². The minimum absolute atomic E-state index is 0.00832. The van der Waals surface area contributed by atoms with Crippen LogP contribution in [0.5, 0.6) is 0 Å². The fourth-order valence-electron chi connectivity index (χ4n) is 2.17. The van der Waals surface area contributed by atoms with E-state index in [4.69, 9.17) is 8.83 Å². The van der Waals surface area contributed by atoms with Crippen LogP contribution in [0.2, 0.25) is 0 Å². The molecule has 23 heavy (non-hydrogen) atoms.